The van der Waals surface area contributed by atoms with Crippen LogP contribution in [0, 0.1) is 0 Å². The third-order valence-electron chi connectivity index (χ3n) is 2.46. The van der Waals surface area contributed by atoms with Gasteiger partial charge in [0.2, 0.25) is 5.88 Å². The Hall–Kier alpha value is -2.21. The third kappa shape index (κ3) is 3.38. The van der Waals surface area contributed by atoms with Gasteiger partial charge in [0.15, 0.2) is 0 Å². The van der Waals surface area contributed by atoms with Gasteiger partial charge in [-0.15, -0.1) is 5.10 Å². The first-order valence-corrected chi connectivity index (χ1v) is 5.98. The van der Waals surface area contributed by atoms with Crippen molar-refractivity contribution in [3.63, 3.8) is 0 Å². The molecule has 5 nitrogen and oxygen atoms in total. The summed E-state index contributed by atoms with van der Waals surface area (Å²) in [5.41, 5.74) is 7.13. The lowest BCUT2D eigenvalue weighted by Gasteiger charge is -2.09. The van der Waals surface area contributed by atoms with Gasteiger partial charge >= 0.3 is 0 Å². The minimum absolute atomic E-state index is 0.232. The molecule has 2 rings (SSSR count). The van der Waals surface area contributed by atoms with E-state index in [0.717, 1.165) is 11.3 Å². The summed E-state index contributed by atoms with van der Waals surface area (Å²) in [4.78, 5) is 0.232. The predicted molar refractivity (Wildman–Crippen MR) is 75.2 cm³/mol. The maximum atomic E-state index is 5.59. The highest BCUT2D eigenvalue weighted by Crippen LogP contribution is 2.17. The van der Waals surface area contributed by atoms with E-state index in [4.69, 9.17) is 27.4 Å². The van der Waals surface area contributed by atoms with E-state index in [1.54, 1.807) is 13.2 Å². The highest BCUT2D eigenvalue weighted by molar-refractivity contribution is 7.80. The van der Waals surface area contributed by atoms with Crippen LogP contribution in [-0.4, -0.2) is 22.3 Å². The van der Waals surface area contributed by atoms with Crippen molar-refractivity contribution in [2.45, 2.75) is 6.61 Å². The fourth-order valence-corrected chi connectivity index (χ4v) is 1.68. The summed E-state index contributed by atoms with van der Waals surface area (Å²) in [6, 6.07) is 9.25. The first-order valence-electron chi connectivity index (χ1n) is 5.58. The zero-order chi connectivity index (χ0) is 13.7. The number of thiocarbonyl (C=S) groups is 1. The first-order chi connectivity index (χ1) is 9.20. The first kappa shape index (κ1) is 13.2. The number of benzene rings is 1. The molecule has 2 aromatic rings. The Balaban J connectivity index is 2.12. The molecule has 0 saturated heterocycles. The van der Waals surface area contributed by atoms with Crippen molar-refractivity contribution in [2.75, 3.05) is 7.11 Å². The standard InChI is InChI=1S/C13H13N3O2S/c1-17-10-4-2-3-9(7-10)8-18-13-11(12(14)19)5-6-15-16-13/h2-7H,8H2,1H3,(H2,14,19). The number of hydrogen-bond acceptors (Lipinski definition) is 5. The summed E-state index contributed by atoms with van der Waals surface area (Å²) in [7, 11) is 1.62. The second kappa shape index (κ2) is 6.10. The van der Waals surface area contributed by atoms with Crippen LogP contribution in [0.25, 0.3) is 0 Å². The van der Waals surface area contributed by atoms with Gasteiger partial charge in [-0.3, -0.25) is 0 Å². The van der Waals surface area contributed by atoms with Crippen molar-refractivity contribution in [1.82, 2.24) is 10.2 Å². The molecule has 6 heteroatoms. The normalized spacial score (nSPS) is 9.95. The lowest BCUT2D eigenvalue weighted by molar-refractivity contribution is 0.289. The molecular weight excluding hydrogens is 262 g/mol. The van der Waals surface area contributed by atoms with Crippen molar-refractivity contribution in [3.05, 3.63) is 47.7 Å². The van der Waals surface area contributed by atoms with Crippen LogP contribution in [0.2, 0.25) is 0 Å². The predicted octanol–water partition coefficient (Wildman–Crippen LogP) is 1.70. The summed E-state index contributed by atoms with van der Waals surface area (Å²) < 4.78 is 10.7. The molecule has 0 aliphatic rings. The van der Waals surface area contributed by atoms with Gasteiger partial charge in [-0.1, -0.05) is 24.4 Å². The van der Waals surface area contributed by atoms with Crippen LogP contribution in [0.3, 0.4) is 0 Å². The van der Waals surface area contributed by atoms with Crippen LogP contribution < -0.4 is 15.2 Å². The topological polar surface area (TPSA) is 70.3 Å². The van der Waals surface area contributed by atoms with Gasteiger partial charge in [-0.25, -0.2) is 0 Å². The van der Waals surface area contributed by atoms with Crippen LogP contribution in [0.15, 0.2) is 36.5 Å². The highest BCUT2D eigenvalue weighted by atomic mass is 32.1. The van der Waals surface area contributed by atoms with Gasteiger partial charge in [-0.2, -0.15) is 5.10 Å². The molecule has 98 valence electrons. The summed E-state index contributed by atoms with van der Waals surface area (Å²) in [5.74, 6) is 1.10. The van der Waals surface area contributed by atoms with E-state index in [9.17, 15) is 0 Å². The highest BCUT2D eigenvalue weighted by Gasteiger charge is 2.08. The molecule has 2 N–H and O–H groups in total. The van der Waals surface area contributed by atoms with Crippen molar-refractivity contribution < 1.29 is 9.47 Å². The van der Waals surface area contributed by atoms with Gasteiger partial charge in [0.05, 0.1) is 18.9 Å². The summed E-state index contributed by atoms with van der Waals surface area (Å²) in [6.45, 7) is 0.339. The van der Waals surface area contributed by atoms with E-state index in [0.29, 0.717) is 18.1 Å². The van der Waals surface area contributed by atoms with Crippen molar-refractivity contribution in [1.29, 1.82) is 0 Å². The summed E-state index contributed by atoms with van der Waals surface area (Å²) >= 11 is 4.93. The Morgan fingerprint density at radius 2 is 2.21 bits per heavy atom. The molecule has 0 aliphatic heterocycles. The Morgan fingerprint density at radius 3 is 2.95 bits per heavy atom. The Morgan fingerprint density at radius 1 is 1.37 bits per heavy atom. The van der Waals surface area contributed by atoms with Gasteiger partial charge in [0.1, 0.15) is 17.3 Å². The average Bonchev–Trinajstić information content (AvgIpc) is 2.45. The van der Waals surface area contributed by atoms with Crippen molar-refractivity contribution in [3.8, 4) is 11.6 Å². The number of ether oxygens (including phenoxy) is 2. The largest absolute Gasteiger partial charge is 0.497 e. The maximum absolute atomic E-state index is 5.59. The molecule has 1 aromatic carbocycles. The van der Waals surface area contributed by atoms with Crippen LogP contribution in [0.1, 0.15) is 11.1 Å². The lowest BCUT2D eigenvalue weighted by atomic mass is 10.2. The number of nitrogens with zero attached hydrogens (tertiary/aromatic N) is 2. The fraction of sp³-hybridized carbons (Fsp3) is 0.154. The molecule has 0 atom stereocenters. The minimum atomic E-state index is 0.232. The smallest absolute Gasteiger partial charge is 0.244 e. The molecule has 0 spiro atoms. The van der Waals surface area contributed by atoms with E-state index in [1.807, 2.05) is 24.3 Å². The molecule has 19 heavy (non-hydrogen) atoms. The van der Waals surface area contributed by atoms with Gasteiger partial charge < -0.3 is 15.2 Å². The van der Waals surface area contributed by atoms with Gasteiger partial charge in [0.25, 0.3) is 0 Å². The minimum Gasteiger partial charge on any atom is -0.497 e. The molecule has 0 bridgehead atoms. The van der Waals surface area contributed by atoms with Gasteiger partial charge in [-0.05, 0) is 23.8 Å². The number of nitrogens with two attached hydrogens (primary N) is 1. The quantitative estimate of drug-likeness (QED) is 0.837. The van der Waals surface area contributed by atoms with E-state index >= 15 is 0 Å². The zero-order valence-corrected chi connectivity index (χ0v) is 11.2. The molecular formula is C13H13N3O2S. The molecule has 0 fully saturated rings. The Kier molecular flexibility index (Phi) is 4.25. The number of aromatic nitrogens is 2. The zero-order valence-electron chi connectivity index (χ0n) is 10.4. The van der Waals surface area contributed by atoms with Gasteiger partial charge in [0, 0.05) is 0 Å². The fourth-order valence-electron chi connectivity index (χ4n) is 1.53. The SMILES string of the molecule is COc1cccc(COc2nnccc2C(N)=S)c1. The second-order valence-corrected chi connectivity index (χ2v) is 4.19. The number of rotatable bonds is 5. The van der Waals surface area contributed by atoms with Crippen molar-refractivity contribution in [2.24, 2.45) is 5.73 Å². The van der Waals surface area contributed by atoms with Crippen LogP contribution in [0.4, 0.5) is 0 Å². The molecule has 0 aliphatic carbocycles. The van der Waals surface area contributed by atoms with Crippen LogP contribution in [0.5, 0.6) is 11.6 Å². The van der Waals surface area contributed by atoms with E-state index in [1.165, 1.54) is 6.20 Å². The molecule has 1 heterocycles. The van der Waals surface area contributed by atoms with Crippen LogP contribution in [-0.2, 0) is 6.61 Å². The van der Waals surface area contributed by atoms with E-state index < -0.39 is 0 Å². The van der Waals surface area contributed by atoms with E-state index in [-0.39, 0.29) is 4.99 Å². The monoisotopic (exact) mass is 275 g/mol. The Bertz CT molecular complexity index is 590. The number of hydrogen-bond donors (Lipinski definition) is 1. The summed E-state index contributed by atoms with van der Waals surface area (Å²) in [5, 5.41) is 7.65. The molecule has 0 radical (unpaired) electrons. The molecule has 0 amide bonds. The second-order valence-electron chi connectivity index (χ2n) is 3.75. The lowest BCUT2D eigenvalue weighted by Crippen LogP contribution is -2.13. The third-order valence-corrected chi connectivity index (χ3v) is 2.68. The summed E-state index contributed by atoms with van der Waals surface area (Å²) in [6.07, 6.45) is 1.52. The number of methoxy groups -OCH3 is 1. The van der Waals surface area contributed by atoms with Crippen LogP contribution >= 0.6 is 12.2 Å². The molecule has 0 saturated carbocycles. The van der Waals surface area contributed by atoms with E-state index in [2.05, 4.69) is 10.2 Å². The maximum Gasteiger partial charge on any atom is 0.244 e. The molecule has 1 aromatic heterocycles. The Labute approximate surface area is 116 Å². The molecule has 0 unspecified atom stereocenters. The van der Waals surface area contributed by atoms with Crippen molar-refractivity contribution >= 4 is 17.2 Å². The average molecular weight is 275 g/mol.